The minimum Gasteiger partial charge on any atom is -0.336 e. The molecule has 1 amide bonds. The Kier molecular flexibility index (Phi) is 4.30. The van der Waals surface area contributed by atoms with Crippen LogP contribution in [0, 0.1) is 6.92 Å². The van der Waals surface area contributed by atoms with Gasteiger partial charge in [0.2, 0.25) is 0 Å². The van der Waals surface area contributed by atoms with Crippen LogP contribution in [0.1, 0.15) is 53.3 Å². The highest BCUT2D eigenvalue weighted by Gasteiger charge is 2.34. The van der Waals surface area contributed by atoms with Crippen LogP contribution in [0.2, 0.25) is 0 Å². The molecule has 0 radical (unpaired) electrons. The molecule has 1 aliphatic rings. The van der Waals surface area contributed by atoms with E-state index in [0.717, 1.165) is 28.2 Å². The molecular weight excluding hydrogens is 340 g/mol. The summed E-state index contributed by atoms with van der Waals surface area (Å²) in [6.07, 6.45) is 3.86. The van der Waals surface area contributed by atoms with Gasteiger partial charge in [-0.1, -0.05) is 13.8 Å². The van der Waals surface area contributed by atoms with Crippen molar-refractivity contribution in [1.29, 1.82) is 0 Å². The lowest BCUT2D eigenvalue weighted by molar-refractivity contribution is 0.0592. The van der Waals surface area contributed by atoms with Gasteiger partial charge in [0.25, 0.3) is 5.91 Å². The molecule has 27 heavy (non-hydrogen) atoms. The number of rotatable bonds is 4. The third kappa shape index (κ3) is 3.37. The van der Waals surface area contributed by atoms with E-state index in [9.17, 15) is 4.79 Å². The highest BCUT2D eigenvalue weighted by Crippen LogP contribution is 2.30. The van der Waals surface area contributed by atoms with Gasteiger partial charge in [-0.25, -0.2) is 0 Å². The molecule has 3 aromatic heterocycles. The summed E-state index contributed by atoms with van der Waals surface area (Å²) in [6, 6.07) is 6.03. The Morgan fingerprint density at radius 1 is 1.22 bits per heavy atom. The lowest BCUT2D eigenvalue weighted by atomic mass is 9.93. The zero-order valence-corrected chi connectivity index (χ0v) is 16.1. The molecule has 4 heterocycles. The molecule has 0 spiro atoms. The van der Waals surface area contributed by atoms with Crippen molar-refractivity contribution in [1.82, 2.24) is 29.9 Å². The van der Waals surface area contributed by atoms with E-state index in [-0.39, 0.29) is 11.8 Å². The van der Waals surface area contributed by atoms with E-state index < -0.39 is 0 Å². The molecule has 4 rings (SSSR count). The molecule has 1 fully saturated rings. The van der Waals surface area contributed by atoms with Gasteiger partial charge >= 0.3 is 0 Å². The number of nitrogens with zero attached hydrogens (tertiary/aromatic N) is 5. The van der Waals surface area contributed by atoms with E-state index in [1.807, 2.05) is 37.3 Å². The summed E-state index contributed by atoms with van der Waals surface area (Å²) in [4.78, 5) is 19.1. The minimum absolute atomic E-state index is 0.0189. The van der Waals surface area contributed by atoms with Crippen molar-refractivity contribution in [3.8, 4) is 11.1 Å². The third-order valence-corrected chi connectivity index (χ3v) is 5.04. The smallest absolute Gasteiger partial charge is 0.274 e. The van der Waals surface area contributed by atoms with Crippen molar-refractivity contribution in [2.75, 3.05) is 13.1 Å². The average molecular weight is 364 g/mol. The highest BCUT2D eigenvalue weighted by atomic mass is 16.2. The standard InChI is InChI=1S/C20H24N6O/c1-12(2)17-7-19(24-23-17)20(27)26-10-16(11-26)18-6-14(5-13(3)22-18)15-8-21-25(4)9-15/h5-9,12,16H,10-11H2,1-4H3,(H,23,24). The molecule has 0 saturated carbocycles. The summed E-state index contributed by atoms with van der Waals surface area (Å²) in [5.41, 5.74) is 5.67. The highest BCUT2D eigenvalue weighted by molar-refractivity contribution is 5.93. The lowest BCUT2D eigenvalue weighted by Crippen LogP contribution is -2.48. The van der Waals surface area contributed by atoms with Gasteiger partial charge in [-0.2, -0.15) is 10.2 Å². The first kappa shape index (κ1) is 17.5. The summed E-state index contributed by atoms with van der Waals surface area (Å²) < 4.78 is 1.80. The number of pyridine rings is 1. The number of H-pyrrole nitrogens is 1. The maximum absolute atomic E-state index is 12.6. The zero-order valence-electron chi connectivity index (χ0n) is 16.1. The van der Waals surface area contributed by atoms with E-state index in [4.69, 9.17) is 4.98 Å². The van der Waals surface area contributed by atoms with Gasteiger partial charge in [-0.3, -0.25) is 19.6 Å². The van der Waals surface area contributed by atoms with Crippen molar-refractivity contribution >= 4 is 5.91 Å². The van der Waals surface area contributed by atoms with Gasteiger partial charge in [0.1, 0.15) is 5.69 Å². The lowest BCUT2D eigenvalue weighted by Gasteiger charge is -2.38. The zero-order chi connectivity index (χ0) is 19.1. The number of amides is 1. The second-order valence-corrected chi connectivity index (χ2v) is 7.60. The fraction of sp³-hybridized carbons (Fsp3) is 0.400. The molecule has 140 valence electrons. The number of nitrogens with one attached hydrogen (secondary N) is 1. The monoisotopic (exact) mass is 364 g/mol. The summed E-state index contributed by atoms with van der Waals surface area (Å²) >= 11 is 0. The number of likely N-dealkylation sites (tertiary alicyclic amines) is 1. The predicted molar refractivity (Wildman–Crippen MR) is 102 cm³/mol. The quantitative estimate of drug-likeness (QED) is 0.772. The van der Waals surface area contributed by atoms with Crippen LogP contribution >= 0.6 is 0 Å². The average Bonchev–Trinajstić information content (AvgIpc) is 3.22. The summed E-state index contributed by atoms with van der Waals surface area (Å²) in [6.45, 7) is 7.49. The minimum atomic E-state index is -0.0189. The Bertz CT molecular complexity index is 980. The van der Waals surface area contributed by atoms with E-state index in [2.05, 4.69) is 41.3 Å². The molecule has 0 unspecified atom stereocenters. The van der Waals surface area contributed by atoms with Gasteiger partial charge in [0.05, 0.1) is 6.20 Å². The van der Waals surface area contributed by atoms with E-state index in [1.165, 1.54) is 0 Å². The van der Waals surface area contributed by atoms with Crippen molar-refractivity contribution in [3.05, 3.63) is 53.4 Å². The van der Waals surface area contributed by atoms with Crippen LogP contribution in [0.15, 0.2) is 30.6 Å². The molecule has 1 N–H and O–H groups in total. The van der Waals surface area contributed by atoms with Crippen molar-refractivity contribution in [3.63, 3.8) is 0 Å². The molecule has 7 heteroatoms. The fourth-order valence-corrected chi connectivity index (χ4v) is 3.38. The largest absolute Gasteiger partial charge is 0.336 e. The second-order valence-electron chi connectivity index (χ2n) is 7.60. The van der Waals surface area contributed by atoms with Gasteiger partial charge < -0.3 is 4.90 Å². The fourth-order valence-electron chi connectivity index (χ4n) is 3.38. The second kappa shape index (κ2) is 6.64. The van der Waals surface area contributed by atoms with Crippen molar-refractivity contribution in [2.24, 2.45) is 7.05 Å². The normalized spacial score (nSPS) is 14.6. The predicted octanol–water partition coefficient (Wildman–Crippen LogP) is 2.88. The molecule has 0 aliphatic carbocycles. The third-order valence-electron chi connectivity index (χ3n) is 5.04. The first-order valence-electron chi connectivity index (χ1n) is 9.23. The van der Waals surface area contributed by atoms with Crippen LogP contribution in [0.3, 0.4) is 0 Å². The molecule has 0 atom stereocenters. The number of aryl methyl sites for hydroxylation is 2. The van der Waals surface area contributed by atoms with E-state index >= 15 is 0 Å². The number of aromatic amines is 1. The molecule has 0 aromatic carbocycles. The Morgan fingerprint density at radius 3 is 2.63 bits per heavy atom. The van der Waals surface area contributed by atoms with E-state index in [1.54, 1.807) is 4.68 Å². The SMILES string of the molecule is Cc1cc(-c2cnn(C)c2)cc(C2CN(C(=O)c3cc(C(C)C)[nH]n3)C2)n1. The first-order chi connectivity index (χ1) is 12.9. The maximum atomic E-state index is 12.6. The summed E-state index contributed by atoms with van der Waals surface area (Å²) in [7, 11) is 1.91. The van der Waals surface area contributed by atoms with Gasteiger partial charge in [0.15, 0.2) is 0 Å². The summed E-state index contributed by atoms with van der Waals surface area (Å²) in [5, 5.41) is 11.4. The number of aromatic nitrogens is 5. The molecule has 1 aliphatic heterocycles. The molecule has 1 saturated heterocycles. The van der Waals surface area contributed by atoms with Gasteiger partial charge in [0, 0.05) is 54.9 Å². The van der Waals surface area contributed by atoms with Crippen LogP contribution in [-0.4, -0.2) is 48.9 Å². The Balaban J connectivity index is 1.47. The first-order valence-corrected chi connectivity index (χ1v) is 9.23. The summed E-state index contributed by atoms with van der Waals surface area (Å²) in [5.74, 6) is 0.563. The number of hydrogen-bond donors (Lipinski definition) is 1. The Hall–Kier alpha value is -2.96. The van der Waals surface area contributed by atoms with Gasteiger partial charge in [-0.05, 0) is 36.6 Å². The number of carbonyl (C=O) groups is 1. The van der Waals surface area contributed by atoms with Crippen LogP contribution in [0.5, 0.6) is 0 Å². The Morgan fingerprint density at radius 2 is 2.00 bits per heavy atom. The van der Waals surface area contributed by atoms with Crippen LogP contribution in [0.25, 0.3) is 11.1 Å². The molecule has 7 nitrogen and oxygen atoms in total. The van der Waals surface area contributed by atoms with Crippen LogP contribution in [-0.2, 0) is 7.05 Å². The van der Waals surface area contributed by atoms with Crippen LogP contribution in [0.4, 0.5) is 0 Å². The number of hydrogen-bond acceptors (Lipinski definition) is 4. The number of carbonyl (C=O) groups excluding carboxylic acids is 1. The topological polar surface area (TPSA) is 79.7 Å². The maximum Gasteiger partial charge on any atom is 0.274 e. The molecule has 0 bridgehead atoms. The molecule has 3 aromatic rings. The van der Waals surface area contributed by atoms with Crippen molar-refractivity contribution < 1.29 is 4.79 Å². The van der Waals surface area contributed by atoms with Gasteiger partial charge in [-0.15, -0.1) is 0 Å². The van der Waals surface area contributed by atoms with E-state index in [0.29, 0.717) is 24.7 Å². The van der Waals surface area contributed by atoms with Crippen molar-refractivity contribution in [2.45, 2.75) is 32.6 Å². The molecular formula is C20H24N6O. The Labute approximate surface area is 158 Å². The van der Waals surface area contributed by atoms with Crippen LogP contribution < -0.4 is 0 Å².